The number of allylic oxidation sites excluding steroid dienone is 1. The Morgan fingerprint density at radius 1 is 1.53 bits per heavy atom. The molecule has 1 N–H and O–H groups in total. The molecule has 0 bridgehead atoms. The predicted octanol–water partition coefficient (Wildman–Crippen LogP) is 0.805. The fourth-order valence-corrected chi connectivity index (χ4v) is 1.92. The third-order valence-corrected chi connectivity index (χ3v) is 3.06. The van der Waals surface area contributed by atoms with Gasteiger partial charge in [-0.05, 0) is 27.4 Å². The predicted molar refractivity (Wildman–Crippen MR) is 75.1 cm³/mol. The molecular weight excluding hydrogens is 244 g/mol. The van der Waals surface area contributed by atoms with Crippen LogP contribution in [0.3, 0.4) is 0 Å². The Morgan fingerprint density at radius 3 is 3.00 bits per heavy atom. The number of hydrogen-bond donors (Lipinski definition) is 1. The highest BCUT2D eigenvalue weighted by Crippen LogP contribution is 2.11. The van der Waals surface area contributed by atoms with Gasteiger partial charge in [-0.3, -0.25) is 4.79 Å². The Hall–Kier alpha value is -0.910. The first kappa shape index (κ1) is 16.1. The van der Waals surface area contributed by atoms with Crippen molar-refractivity contribution in [1.29, 1.82) is 0 Å². The maximum atomic E-state index is 11.7. The lowest BCUT2D eigenvalue weighted by Crippen LogP contribution is -2.50. The summed E-state index contributed by atoms with van der Waals surface area (Å²) in [6.45, 7) is 4.68. The fourth-order valence-electron chi connectivity index (χ4n) is 1.92. The molecule has 110 valence electrons. The Kier molecular flexibility index (Phi) is 7.70. The summed E-state index contributed by atoms with van der Waals surface area (Å²) in [5, 5.41) is 3.03. The van der Waals surface area contributed by atoms with E-state index in [2.05, 4.69) is 10.2 Å². The lowest BCUT2D eigenvalue weighted by molar-refractivity contribution is -0.125. The molecule has 0 radical (unpaired) electrons. The average molecular weight is 270 g/mol. The molecule has 0 aromatic carbocycles. The molecule has 0 spiro atoms. The van der Waals surface area contributed by atoms with Crippen molar-refractivity contribution >= 4 is 5.91 Å². The number of carbonyl (C=O) groups excluding carboxylic acids is 1. The minimum absolute atomic E-state index is 0.0387. The van der Waals surface area contributed by atoms with Crippen LogP contribution in [0.15, 0.2) is 12.2 Å². The molecule has 1 saturated heterocycles. The third kappa shape index (κ3) is 6.71. The zero-order valence-corrected chi connectivity index (χ0v) is 12.2. The molecule has 1 rings (SSSR count). The first-order valence-corrected chi connectivity index (χ1v) is 6.88. The van der Waals surface area contributed by atoms with Crippen LogP contribution in [0.5, 0.6) is 0 Å². The Morgan fingerprint density at radius 2 is 2.32 bits per heavy atom. The van der Waals surface area contributed by atoms with Crippen LogP contribution in [0.25, 0.3) is 0 Å². The maximum Gasteiger partial charge on any atom is 0.224 e. The molecular formula is C14H26N2O3. The monoisotopic (exact) mass is 270 g/mol. The van der Waals surface area contributed by atoms with Crippen molar-refractivity contribution in [1.82, 2.24) is 10.2 Å². The molecule has 2 atom stereocenters. The average Bonchev–Trinajstić information content (AvgIpc) is 2.38. The van der Waals surface area contributed by atoms with Gasteiger partial charge in [-0.15, -0.1) is 0 Å². The summed E-state index contributed by atoms with van der Waals surface area (Å²) >= 11 is 0. The van der Waals surface area contributed by atoms with Crippen molar-refractivity contribution in [3.63, 3.8) is 0 Å². The molecule has 19 heavy (non-hydrogen) atoms. The lowest BCUT2D eigenvalue weighted by atomic mass is 10.1. The van der Waals surface area contributed by atoms with Crippen LogP contribution in [0, 0.1) is 0 Å². The Labute approximate surface area is 115 Å². The molecule has 1 aliphatic heterocycles. The fraction of sp³-hybridized carbons (Fsp3) is 0.786. The summed E-state index contributed by atoms with van der Waals surface area (Å²) in [5.41, 5.74) is 0. The molecule has 1 fully saturated rings. The number of likely N-dealkylation sites (N-methyl/N-ethyl adjacent to an activating group) is 1. The molecule has 0 unspecified atom stereocenters. The quantitative estimate of drug-likeness (QED) is 0.695. The van der Waals surface area contributed by atoms with Crippen LogP contribution >= 0.6 is 0 Å². The van der Waals surface area contributed by atoms with E-state index in [1.807, 2.05) is 33.2 Å². The van der Waals surface area contributed by atoms with Crippen molar-refractivity contribution in [2.75, 3.05) is 40.5 Å². The summed E-state index contributed by atoms with van der Waals surface area (Å²) in [7, 11) is 4.02. The van der Waals surface area contributed by atoms with E-state index in [0.717, 1.165) is 13.0 Å². The van der Waals surface area contributed by atoms with E-state index in [4.69, 9.17) is 9.47 Å². The van der Waals surface area contributed by atoms with Gasteiger partial charge in [-0.2, -0.15) is 0 Å². The zero-order chi connectivity index (χ0) is 14.1. The SMILES string of the molecule is CC=CCC(=O)N[C@@H]1CCOC[C@H]1OCCN(C)C. The molecule has 1 heterocycles. The van der Waals surface area contributed by atoms with Crippen LogP contribution in [0.4, 0.5) is 0 Å². The van der Waals surface area contributed by atoms with E-state index in [1.54, 1.807) is 0 Å². The Bertz CT molecular complexity index is 292. The van der Waals surface area contributed by atoms with Crippen molar-refractivity contribution < 1.29 is 14.3 Å². The van der Waals surface area contributed by atoms with Crippen LogP contribution in [0.2, 0.25) is 0 Å². The molecule has 0 aliphatic carbocycles. The second kappa shape index (κ2) is 9.07. The van der Waals surface area contributed by atoms with Gasteiger partial charge in [0.1, 0.15) is 6.10 Å². The summed E-state index contributed by atoms with van der Waals surface area (Å²) in [6.07, 6.45) is 4.95. The van der Waals surface area contributed by atoms with Gasteiger partial charge in [0, 0.05) is 19.6 Å². The van der Waals surface area contributed by atoms with E-state index < -0.39 is 0 Å². The number of carbonyl (C=O) groups is 1. The van der Waals surface area contributed by atoms with Crippen molar-refractivity contribution in [2.45, 2.75) is 31.9 Å². The van der Waals surface area contributed by atoms with Gasteiger partial charge in [-0.25, -0.2) is 0 Å². The van der Waals surface area contributed by atoms with Gasteiger partial charge >= 0.3 is 0 Å². The van der Waals surface area contributed by atoms with E-state index in [-0.39, 0.29) is 18.1 Å². The Balaban J connectivity index is 2.36. The van der Waals surface area contributed by atoms with Crippen molar-refractivity contribution in [3.05, 3.63) is 12.2 Å². The minimum atomic E-state index is -0.0387. The summed E-state index contributed by atoms with van der Waals surface area (Å²) in [6, 6.07) is 0.0636. The first-order chi connectivity index (χ1) is 9.13. The van der Waals surface area contributed by atoms with Crippen molar-refractivity contribution in [2.24, 2.45) is 0 Å². The van der Waals surface area contributed by atoms with Crippen LogP contribution in [-0.4, -0.2) is 63.4 Å². The topological polar surface area (TPSA) is 50.8 Å². The maximum absolute atomic E-state index is 11.7. The summed E-state index contributed by atoms with van der Waals surface area (Å²) in [4.78, 5) is 13.8. The van der Waals surface area contributed by atoms with E-state index in [1.165, 1.54) is 0 Å². The van der Waals surface area contributed by atoms with Gasteiger partial charge in [0.15, 0.2) is 0 Å². The van der Waals surface area contributed by atoms with Gasteiger partial charge < -0.3 is 19.7 Å². The standard InChI is InChI=1S/C14H26N2O3/c1-4-5-6-14(17)15-12-7-9-18-11-13(12)19-10-8-16(2)3/h4-5,12-13H,6-11H2,1-3H3,(H,15,17)/t12-,13-/m1/s1. The third-order valence-electron chi connectivity index (χ3n) is 3.06. The molecule has 1 aliphatic rings. The second-order valence-corrected chi connectivity index (χ2v) is 5.02. The normalized spacial score (nSPS) is 24.0. The van der Waals surface area contributed by atoms with Gasteiger partial charge in [0.05, 0.1) is 19.3 Å². The highest BCUT2D eigenvalue weighted by Gasteiger charge is 2.27. The highest BCUT2D eigenvalue weighted by molar-refractivity contribution is 5.77. The van der Waals surface area contributed by atoms with E-state index >= 15 is 0 Å². The largest absolute Gasteiger partial charge is 0.379 e. The van der Waals surface area contributed by atoms with Gasteiger partial charge in [0.2, 0.25) is 5.91 Å². The lowest BCUT2D eigenvalue weighted by Gasteiger charge is -2.32. The molecule has 0 aromatic rings. The van der Waals surface area contributed by atoms with E-state index in [9.17, 15) is 4.79 Å². The number of rotatable bonds is 7. The number of nitrogens with zero attached hydrogens (tertiary/aromatic N) is 1. The molecule has 5 heteroatoms. The summed E-state index contributed by atoms with van der Waals surface area (Å²) < 4.78 is 11.2. The second-order valence-electron chi connectivity index (χ2n) is 5.02. The number of amides is 1. The molecule has 0 saturated carbocycles. The number of ether oxygens (including phenoxy) is 2. The minimum Gasteiger partial charge on any atom is -0.379 e. The highest BCUT2D eigenvalue weighted by atomic mass is 16.5. The molecule has 5 nitrogen and oxygen atoms in total. The van der Waals surface area contributed by atoms with Crippen LogP contribution < -0.4 is 5.32 Å². The molecule has 1 amide bonds. The van der Waals surface area contributed by atoms with Crippen LogP contribution in [0.1, 0.15) is 19.8 Å². The summed E-state index contributed by atoms with van der Waals surface area (Å²) in [5.74, 6) is 0.0474. The first-order valence-electron chi connectivity index (χ1n) is 6.88. The zero-order valence-electron chi connectivity index (χ0n) is 12.2. The smallest absolute Gasteiger partial charge is 0.224 e. The number of hydrogen-bond acceptors (Lipinski definition) is 4. The van der Waals surface area contributed by atoms with Crippen LogP contribution in [-0.2, 0) is 14.3 Å². The molecule has 0 aromatic heterocycles. The van der Waals surface area contributed by atoms with Gasteiger partial charge in [-0.1, -0.05) is 12.2 Å². The van der Waals surface area contributed by atoms with Crippen molar-refractivity contribution in [3.8, 4) is 0 Å². The van der Waals surface area contributed by atoms with E-state index in [0.29, 0.717) is 26.2 Å². The van der Waals surface area contributed by atoms with Gasteiger partial charge in [0.25, 0.3) is 0 Å². The number of nitrogens with one attached hydrogen (secondary N) is 1.